The Kier molecular flexibility index (Phi) is 6.52. The van der Waals surface area contributed by atoms with Crippen molar-refractivity contribution in [3.63, 3.8) is 0 Å². The highest BCUT2D eigenvalue weighted by Gasteiger charge is 2.25. The minimum absolute atomic E-state index is 0.0886. The molecule has 1 aliphatic heterocycles. The fourth-order valence-electron chi connectivity index (χ4n) is 3.32. The maximum Gasteiger partial charge on any atom is 0.251 e. The van der Waals surface area contributed by atoms with Gasteiger partial charge in [-0.2, -0.15) is 0 Å². The summed E-state index contributed by atoms with van der Waals surface area (Å²) in [6, 6.07) is 9.76. The van der Waals surface area contributed by atoms with Crippen LogP contribution in [0.3, 0.4) is 0 Å². The number of rotatable bonds is 8. The van der Waals surface area contributed by atoms with E-state index >= 15 is 0 Å². The van der Waals surface area contributed by atoms with Crippen LogP contribution in [0.5, 0.6) is 11.5 Å². The van der Waals surface area contributed by atoms with Crippen LogP contribution < -0.4 is 14.8 Å². The Morgan fingerprint density at radius 3 is 2.73 bits per heavy atom. The van der Waals surface area contributed by atoms with Gasteiger partial charge in [-0.1, -0.05) is 6.07 Å². The summed E-state index contributed by atoms with van der Waals surface area (Å²) in [5.74, 6) is 1.14. The van der Waals surface area contributed by atoms with Crippen molar-refractivity contribution in [2.45, 2.75) is 25.8 Å². The minimum Gasteiger partial charge on any atom is -0.493 e. The third kappa shape index (κ3) is 4.37. The highest BCUT2D eigenvalue weighted by atomic mass is 32.1. The zero-order valence-electron chi connectivity index (χ0n) is 15.4. The van der Waals surface area contributed by atoms with Gasteiger partial charge in [0, 0.05) is 17.0 Å². The molecule has 1 aromatic carbocycles. The summed E-state index contributed by atoms with van der Waals surface area (Å²) in [5.41, 5.74) is 0.584. The van der Waals surface area contributed by atoms with E-state index in [0.717, 1.165) is 13.1 Å². The normalized spacial score (nSPS) is 15.6. The van der Waals surface area contributed by atoms with E-state index in [9.17, 15) is 4.79 Å². The molecular weight excluding hydrogens is 348 g/mol. The Morgan fingerprint density at radius 2 is 2.08 bits per heavy atom. The highest BCUT2D eigenvalue weighted by Crippen LogP contribution is 2.29. The van der Waals surface area contributed by atoms with Gasteiger partial charge in [0.15, 0.2) is 11.5 Å². The van der Waals surface area contributed by atoms with E-state index in [0.29, 0.717) is 30.2 Å². The molecule has 26 heavy (non-hydrogen) atoms. The monoisotopic (exact) mass is 374 g/mol. The summed E-state index contributed by atoms with van der Waals surface area (Å²) in [4.78, 5) is 16.4. The quantitative estimate of drug-likeness (QED) is 0.765. The predicted octanol–water partition coefficient (Wildman–Crippen LogP) is 3.72. The lowest BCUT2D eigenvalue weighted by Crippen LogP contribution is -2.36. The number of methoxy groups -OCH3 is 1. The zero-order valence-corrected chi connectivity index (χ0v) is 16.2. The van der Waals surface area contributed by atoms with Crippen molar-refractivity contribution in [1.29, 1.82) is 0 Å². The van der Waals surface area contributed by atoms with Gasteiger partial charge >= 0.3 is 0 Å². The smallest absolute Gasteiger partial charge is 0.251 e. The molecule has 140 valence electrons. The lowest BCUT2D eigenvalue weighted by molar-refractivity contribution is 0.0938. The van der Waals surface area contributed by atoms with Crippen molar-refractivity contribution in [2.24, 2.45) is 0 Å². The van der Waals surface area contributed by atoms with Crippen LogP contribution in [0.15, 0.2) is 35.7 Å². The molecule has 1 amide bonds. The van der Waals surface area contributed by atoms with Crippen LogP contribution in [0.4, 0.5) is 0 Å². The molecule has 1 aliphatic rings. The molecule has 5 nitrogen and oxygen atoms in total. The van der Waals surface area contributed by atoms with Crippen molar-refractivity contribution in [2.75, 3.05) is 33.4 Å². The fourth-order valence-corrected chi connectivity index (χ4v) is 4.18. The number of ether oxygens (including phenoxy) is 2. The molecule has 0 aliphatic carbocycles. The second-order valence-corrected chi connectivity index (χ2v) is 7.26. The standard InChI is InChI=1S/C20H26N2O3S/c1-3-25-18-13-15(8-9-17(18)24-2)20(23)21-14-16(19-7-6-12-26-19)22-10-4-5-11-22/h6-9,12-13,16H,3-5,10-11,14H2,1-2H3,(H,21,23). The number of carbonyl (C=O) groups excluding carboxylic acids is 1. The van der Waals surface area contributed by atoms with Crippen molar-refractivity contribution in [1.82, 2.24) is 10.2 Å². The van der Waals surface area contributed by atoms with Crippen LogP contribution in [0, 0.1) is 0 Å². The molecule has 1 N–H and O–H groups in total. The molecule has 2 heterocycles. The molecule has 1 unspecified atom stereocenters. The van der Waals surface area contributed by atoms with E-state index in [1.165, 1.54) is 17.7 Å². The molecule has 2 aromatic rings. The first-order valence-corrected chi connectivity index (χ1v) is 9.97. The lowest BCUT2D eigenvalue weighted by Gasteiger charge is -2.27. The Hall–Kier alpha value is -2.05. The Morgan fingerprint density at radius 1 is 1.27 bits per heavy atom. The first-order valence-electron chi connectivity index (χ1n) is 9.09. The third-order valence-electron chi connectivity index (χ3n) is 4.63. The van der Waals surface area contributed by atoms with Crippen LogP contribution in [-0.4, -0.2) is 44.2 Å². The van der Waals surface area contributed by atoms with Crippen LogP contribution in [0.1, 0.15) is 41.0 Å². The Labute approximate surface area is 158 Å². The van der Waals surface area contributed by atoms with Crippen molar-refractivity contribution < 1.29 is 14.3 Å². The molecule has 1 saturated heterocycles. The summed E-state index contributed by atoms with van der Waals surface area (Å²) in [6.07, 6.45) is 2.46. The number of nitrogens with zero attached hydrogens (tertiary/aromatic N) is 1. The SMILES string of the molecule is CCOc1cc(C(=O)NCC(c2cccs2)N2CCCC2)ccc1OC. The summed E-state index contributed by atoms with van der Waals surface area (Å²) in [5, 5.41) is 5.20. The molecule has 0 bridgehead atoms. The van der Waals surface area contributed by atoms with Gasteiger partial charge in [0.05, 0.1) is 19.8 Å². The summed E-state index contributed by atoms with van der Waals surface area (Å²) < 4.78 is 10.9. The van der Waals surface area contributed by atoms with Gasteiger partial charge < -0.3 is 14.8 Å². The van der Waals surface area contributed by atoms with Gasteiger partial charge in [-0.3, -0.25) is 9.69 Å². The van der Waals surface area contributed by atoms with Crippen molar-refractivity contribution in [3.8, 4) is 11.5 Å². The van der Waals surface area contributed by atoms with E-state index in [1.807, 2.05) is 6.92 Å². The van der Waals surface area contributed by atoms with E-state index < -0.39 is 0 Å². The van der Waals surface area contributed by atoms with Crippen molar-refractivity contribution >= 4 is 17.2 Å². The summed E-state index contributed by atoms with van der Waals surface area (Å²) >= 11 is 1.75. The van der Waals surface area contributed by atoms with Crippen LogP contribution >= 0.6 is 11.3 Å². The molecular formula is C20H26N2O3S. The summed E-state index contributed by atoms with van der Waals surface area (Å²) in [7, 11) is 1.60. The minimum atomic E-state index is -0.0886. The van der Waals surface area contributed by atoms with Gasteiger partial charge in [-0.15, -0.1) is 11.3 Å². The molecule has 3 rings (SSSR count). The Bertz CT molecular complexity index is 712. The second kappa shape index (κ2) is 9.05. The number of benzene rings is 1. The first-order chi connectivity index (χ1) is 12.7. The maximum absolute atomic E-state index is 12.7. The van der Waals surface area contributed by atoms with E-state index in [4.69, 9.17) is 9.47 Å². The van der Waals surface area contributed by atoms with Crippen molar-refractivity contribution in [3.05, 3.63) is 46.2 Å². The van der Waals surface area contributed by atoms with E-state index in [1.54, 1.807) is 36.6 Å². The number of likely N-dealkylation sites (tertiary alicyclic amines) is 1. The molecule has 0 saturated carbocycles. The fraction of sp³-hybridized carbons (Fsp3) is 0.450. The zero-order chi connectivity index (χ0) is 18.4. The molecule has 1 fully saturated rings. The number of hydrogen-bond acceptors (Lipinski definition) is 5. The van der Waals surface area contributed by atoms with Crippen LogP contribution in [0.25, 0.3) is 0 Å². The molecule has 0 radical (unpaired) electrons. The summed E-state index contributed by atoms with van der Waals surface area (Å²) in [6.45, 7) is 5.23. The number of carbonyl (C=O) groups is 1. The Balaban J connectivity index is 1.69. The van der Waals surface area contributed by atoms with Gasteiger partial charge in [-0.05, 0) is 62.5 Å². The predicted molar refractivity (Wildman–Crippen MR) is 104 cm³/mol. The average molecular weight is 375 g/mol. The maximum atomic E-state index is 12.7. The average Bonchev–Trinajstić information content (AvgIpc) is 3.36. The number of amides is 1. The number of thiophene rings is 1. The van der Waals surface area contributed by atoms with Crippen LogP contribution in [0.2, 0.25) is 0 Å². The first kappa shape index (κ1) is 18.7. The van der Waals surface area contributed by atoms with E-state index in [2.05, 4.69) is 27.7 Å². The third-order valence-corrected chi connectivity index (χ3v) is 5.61. The van der Waals surface area contributed by atoms with Crippen LogP contribution in [-0.2, 0) is 0 Å². The highest BCUT2D eigenvalue weighted by molar-refractivity contribution is 7.10. The van der Waals surface area contributed by atoms with Gasteiger partial charge in [-0.25, -0.2) is 0 Å². The van der Waals surface area contributed by atoms with Gasteiger partial charge in [0.25, 0.3) is 5.91 Å². The number of nitrogens with one attached hydrogen (secondary N) is 1. The molecule has 6 heteroatoms. The molecule has 1 atom stereocenters. The topological polar surface area (TPSA) is 50.8 Å². The van der Waals surface area contributed by atoms with E-state index in [-0.39, 0.29) is 11.9 Å². The lowest BCUT2D eigenvalue weighted by atomic mass is 10.1. The molecule has 1 aromatic heterocycles. The molecule has 0 spiro atoms. The van der Waals surface area contributed by atoms with Gasteiger partial charge in [0.1, 0.15) is 0 Å². The number of hydrogen-bond donors (Lipinski definition) is 1. The van der Waals surface area contributed by atoms with Gasteiger partial charge in [0.2, 0.25) is 0 Å². The largest absolute Gasteiger partial charge is 0.493 e. The second-order valence-electron chi connectivity index (χ2n) is 6.28.